The smallest absolute Gasteiger partial charge is 0.0354 e. The summed E-state index contributed by atoms with van der Waals surface area (Å²) in [5.41, 5.74) is 0. The van der Waals surface area contributed by atoms with Crippen molar-refractivity contribution in [2.75, 3.05) is 12.3 Å². The van der Waals surface area contributed by atoms with Gasteiger partial charge in [0.2, 0.25) is 0 Å². The highest BCUT2D eigenvalue weighted by Gasteiger charge is 1.95. The zero-order chi connectivity index (χ0) is 18.3. The van der Waals surface area contributed by atoms with E-state index in [0.29, 0.717) is 0 Å². The lowest BCUT2D eigenvalue weighted by molar-refractivity contribution is 0.523. The summed E-state index contributed by atoms with van der Waals surface area (Å²) in [7, 11) is 1.23. The first-order chi connectivity index (χ1) is 12.4. The molecule has 0 radical (unpaired) electrons. The molecule has 0 saturated carbocycles. The van der Waals surface area contributed by atoms with Crippen molar-refractivity contribution in [2.45, 2.75) is 142 Å². The van der Waals surface area contributed by atoms with Crippen LogP contribution in [0, 0.1) is 0 Å². The summed E-state index contributed by atoms with van der Waals surface area (Å²) in [6, 6.07) is 0. The molecule has 0 spiro atoms. The van der Waals surface area contributed by atoms with Crippen molar-refractivity contribution < 1.29 is 0 Å². The fraction of sp³-hybridized carbons (Fsp3) is 1.00. The van der Waals surface area contributed by atoms with Crippen molar-refractivity contribution in [3.8, 4) is 0 Å². The maximum Gasteiger partial charge on any atom is -0.0354 e. The molecule has 0 amide bonds. The van der Waals surface area contributed by atoms with Crippen molar-refractivity contribution in [3.63, 3.8) is 0 Å². The molecule has 0 aromatic rings. The average Bonchev–Trinajstić information content (AvgIpc) is 2.63. The van der Waals surface area contributed by atoms with Gasteiger partial charge < -0.3 is 0 Å². The van der Waals surface area contributed by atoms with Gasteiger partial charge in [-0.15, -0.1) is 8.58 Å². The van der Waals surface area contributed by atoms with E-state index in [1.807, 2.05) is 0 Å². The Hall–Kier alpha value is 0.430. The van der Waals surface area contributed by atoms with Gasteiger partial charge in [-0.3, -0.25) is 0 Å². The predicted octanol–water partition coefficient (Wildman–Crippen LogP) is 9.51. The van der Waals surface area contributed by atoms with E-state index >= 15 is 0 Å². The molecule has 0 aliphatic carbocycles. The fourth-order valence-corrected chi connectivity index (χ4v) is 4.54. The molecule has 0 saturated heterocycles. The first-order valence-electron chi connectivity index (χ1n) is 12.1. The largest absolute Gasteiger partial charge is 0.122 e. The van der Waals surface area contributed by atoms with Gasteiger partial charge in [0.05, 0.1) is 0 Å². The van der Waals surface area contributed by atoms with Gasteiger partial charge in [0.25, 0.3) is 0 Å². The van der Waals surface area contributed by atoms with Crippen molar-refractivity contribution in [2.24, 2.45) is 0 Å². The molecule has 0 rings (SSSR count). The molecule has 0 aromatic heterocycles. The highest BCUT2D eigenvalue weighted by Crippen LogP contribution is 2.16. The Morgan fingerprint density at radius 2 is 0.640 bits per heavy atom. The number of hydrogen-bond donors (Lipinski definition) is 0. The van der Waals surface area contributed by atoms with E-state index in [2.05, 4.69) is 13.8 Å². The second kappa shape index (κ2) is 24.4. The molecule has 25 heavy (non-hydrogen) atoms. The monoisotopic (exact) mass is 370 g/mol. The van der Waals surface area contributed by atoms with Crippen LogP contribution in [0.5, 0.6) is 0 Å². The SMILES string of the molecule is CCCCCCCCCCCCCCCCCCCCCCPCC. The van der Waals surface area contributed by atoms with E-state index in [1.165, 1.54) is 149 Å². The van der Waals surface area contributed by atoms with Gasteiger partial charge >= 0.3 is 0 Å². The summed E-state index contributed by atoms with van der Waals surface area (Å²) in [6.45, 7) is 4.62. The third-order valence-corrected chi connectivity index (χ3v) is 6.66. The lowest BCUT2D eigenvalue weighted by Gasteiger charge is -2.04. The van der Waals surface area contributed by atoms with Crippen LogP contribution in [0.2, 0.25) is 0 Å². The van der Waals surface area contributed by atoms with Crippen LogP contribution < -0.4 is 0 Å². The van der Waals surface area contributed by atoms with E-state index in [1.54, 1.807) is 0 Å². The van der Waals surface area contributed by atoms with Crippen LogP contribution in [0.25, 0.3) is 0 Å². The van der Waals surface area contributed by atoms with Gasteiger partial charge in [-0.1, -0.05) is 136 Å². The average molecular weight is 371 g/mol. The minimum atomic E-state index is 1.23. The third kappa shape index (κ3) is 24.4. The molecule has 0 aromatic carbocycles. The second-order valence-corrected chi connectivity index (χ2v) is 9.78. The molecule has 1 unspecified atom stereocenters. The van der Waals surface area contributed by atoms with E-state index in [0.717, 1.165) is 0 Å². The maximum atomic E-state index is 2.31. The van der Waals surface area contributed by atoms with Gasteiger partial charge in [-0.25, -0.2) is 0 Å². The third-order valence-electron chi connectivity index (χ3n) is 5.46. The Morgan fingerprint density at radius 1 is 0.360 bits per heavy atom. The van der Waals surface area contributed by atoms with Crippen LogP contribution in [0.1, 0.15) is 142 Å². The van der Waals surface area contributed by atoms with Crippen LogP contribution in [-0.2, 0) is 0 Å². The molecule has 1 heteroatoms. The summed E-state index contributed by atoms with van der Waals surface area (Å²) in [4.78, 5) is 0. The Bertz CT molecular complexity index is 192. The molecule has 1 atom stereocenters. The van der Waals surface area contributed by atoms with Crippen molar-refractivity contribution in [3.05, 3.63) is 0 Å². The van der Waals surface area contributed by atoms with Gasteiger partial charge in [-0.2, -0.15) is 0 Å². The fourth-order valence-electron chi connectivity index (χ4n) is 3.68. The number of rotatable bonds is 22. The van der Waals surface area contributed by atoms with Crippen LogP contribution in [0.3, 0.4) is 0 Å². The highest BCUT2D eigenvalue weighted by atomic mass is 31.1. The molecular formula is C24H51P. The molecule has 0 fully saturated rings. The standard InChI is InChI=1S/C24H51P/c1-3-5-6-7-8-9-10-11-12-13-14-15-16-17-18-19-20-21-22-23-24-25-4-2/h25H,3-24H2,1-2H3. The van der Waals surface area contributed by atoms with Crippen LogP contribution in [0.15, 0.2) is 0 Å². The second-order valence-electron chi connectivity index (χ2n) is 8.07. The Labute approximate surface area is 163 Å². The Kier molecular flexibility index (Phi) is 24.9. The van der Waals surface area contributed by atoms with Crippen LogP contribution in [-0.4, -0.2) is 12.3 Å². The molecular weight excluding hydrogens is 319 g/mol. The van der Waals surface area contributed by atoms with Crippen molar-refractivity contribution in [1.29, 1.82) is 0 Å². The topological polar surface area (TPSA) is 0 Å². The van der Waals surface area contributed by atoms with E-state index in [9.17, 15) is 0 Å². The molecule has 0 N–H and O–H groups in total. The minimum absolute atomic E-state index is 1.23. The highest BCUT2D eigenvalue weighted by molar-refractivity contribution is 7.37. The molecule has 152 valence electrons. The van der Waals surface area contributed by atoms with Gasteiger partial charge in [0.1, 0.15) is 0 Å². The zero-order valence-electron chi connectivity index (χ0n) is 18.1. The summed E-state index contributed by atoms with van der Waals surface area (Å²) in [5.74, 6) is 0. The van der Waals surface area contributed by atoms with Crippen LogP contribution in [0.4, 0.5) is 0 Å². The van der Waals surface area contributed by atoms with Gasteiger partial charge in [-0.05, 0) is 18.7 Å². The predicted molar refractivity (Wildman–Crippen MR) is 122 cm³/mol. The van der Waals surface area contributed by atoms with E-state index in [4.69, 9.17) is 0 Å². The number of hydrogen-bond acceptors (Lipinski definition) is 0. The Morgan fingerprint density at radius 3 is 0.920 bits per heavy atom. The van der Waals surface area contributed by atoms with E-state index in [-0.39, 0.29) is 0 Å². The summed E-state index contributed by atoms with van der Waals surface area (Å²) >= 11 is 0. The van der Waals surface area contributed by atoms with Crippen LogP contribution >= 0.6 is 8.58 Å². The minimum Gasteiger partial charge on any atom is -0.122 e. The molecule has 0 aliphatic rings. The van der Waals surface area contributed by atoms with Crippen molar-refractivity contribution in [1.82, 2.24) is 0 Å². The summed E-state index contributed by atoms with van der Waals surface area (Å²) in [6.07, 6.45) is 32.5. The molecule has 0 nitrogen and oxygen atoms in total. The normalized spacial score (nSPS) is 11.8. The van der Waals surface area contributed by atoms with E-state index < -0.39 is 0 Å². The quantitative estimate of drug-likeness (QED) is 0.131. The Balaban J connectivity index is 2.94. The van der Waals surface area contributed by atoms with Crippen molar-refractivity contribution >= 4 is 8.58 Å². The molecule has 0 heterocycles. The maximum absolute atomic E-state index is 2.31. The lowest BCUT2D eigenvalue weighted by Crippen LogP contribution is -1.84. The van der Waals surface area contributed by atoms with Gasteiger partial charge in [0, 0.05) is 0 Å². The summed E-state index contributed by atoms with van der Waals surface area (Å²) < 4.78 is 0. The molecule has 0 bridgehead atoms. The lowest BCUT2D eigenvalue weighted by atomic mass is 10.0. The molecule has 0 aliphatic heterocycles. The summed E-state index contributed by atoms with van der Waals surface area (Å²) in [5, 5.41) is 0. The first kappa shape index (κ1) is 25.4. The number of unbranched alkanes of at least 4 members (excludes halogenated alkanes) is 19. The zero-order valence-corrected chi connectivity index (χ0v) is 19.1. The first-order valence-corrected chi connectivity index (χ1v) is 13.5. The van der Waals surface area contributed by atoms with Gasteiger partial charge in [0.15, 0.2) is 0 Å².